The maximum atomic E-state index is 5.49. The molecule has 0 heterocycles. The average Bonchev–Trinajstić information content (AvgIpc) is 1.86. The summed E-state index contributed by atoms with van der Waals surface area (Å²) in [5.74, 6) is 0.596. The summed E-state index contributed by atoms with van der Waals surface area (Å²) in [4.78, 5) is 0. The Hall–Kier alpha value is -0.0800. The molecule has 11 heavy (non-hydrogen) atoms. The molecule has 0 aromatic heterocycles. The standard InChI is InChI=1S/C9H18O2/c1-7(2)9(11-4)5-8(6-9)10-3/h7-8H,5-6H2,1-4H3. The Balaban J connectivity index is 2.43. The second-order valence-electron chi connectivity index (χ2n) is 3.69. The van der Waals surface area contributed by atoms with Gasteiger partial charge in [-0.3, -0.25) is 0 Å². The Morgan fingerprint density at radius 3 is 2.09 bits per heavy atom. The van der Waals surface area contributed by atoms with Gasteiger partial charge in [0.05, 0.1) is 11.7 Å². The molecule has 0 radical (unpaired) electrons. The van der Waals surface area contributed by atoms with E-state index in [2.05, 4.69) is 13.8 Å². The van der Waals surface area contributed by atoms with Crippen molar-refractivity contribution in [1.82, 2.24) is 0 Å². The highest BCUT2D eigenvalue weighted by atomic mass is 16.5. The van der Waals surface area contributed by atoms with Crippen LogP contribution in [-0.4, -0.2) is 25.9 Å². The molecule has 1 fully saturated rings. The molecule has 1 aliphatic rings. The minimum absolute atomic E-state index is 0.112. The van der Waals surface area contributed by atoms with E-state index < -0.39 is 0 Å². The Bertz CT molecular complexity index is 126. The van der Waals surface area contributed by atoms with Gasteiger partial charge in [0.1, 0.15) is 0 Å². The third-order valence-electron chi connectivity index (χ3n) is 2.94. The normalized spacial score (nSPS) is 37.4. The molecule has 0 saturated heterocycles. The van der Waals surface area contributed by atoms with Crippen LogP contribution in [0, 0.1) is 5.92 Å². The van der Waals surface area contributed by atoms with Crippen molar-refractivity contribution in [3.63, 3.8) is 0 Å². The lowest BCUT2D eigenvalue weighted by Gasteiger charge is -2.48. The van der Waals surface area contributed by atoms with Crippen LogP contribution in [0.2, 0.25) is 0 Å². The summed E-state index contributed by atoms with van der Waals surface area (Å²) >= 11 is 0. The molecule has 66 valence electrons. The molecule has 2 heteroatoms. The van der Waals surface area contributed by atoms with Gasteiger partial charge in [-0.05, 0) is 5.92 Å². The van der Waals surface area contributed by atoms with Crippen molar-refractivity contribution < 1.29 is 9.47 Å². The Labute approximate surface area is 68.9 Å². The fourth-order valence-corrected chi connectivity index (χ4v) is 1.75. The van der Waals surface area contributed by atoms with E-state index >= 15 is 0 Å². The Morgan fingerprint density at radius 2 is 1.82 bits per heavy atom. The summed E-state index contributed by atoms with van der Waals surface area (Å²) < 4.78 is 10.7. The quantitative estimate of drug-likeness (QED) is 0.624. The second kappa shape index (κ2) is 3.11. The number of hydrogen-bond acceptors (Lipinski definition) is 2. The van der Waals surface area contributed by atoms with Crippen molar-refractivity contribution >= 4 is 0 Å². The highest BCUT2D eigenvalue weighted by Crippen LogP contribution is 2.42. The molecule has 2 nitrogen and oxygen atoms in total. The van der Waals surface area contributed by atoms with E-state index in [0.29, 0.717) is 12.0 Å². The smallest absolute Gasteiger partial charge is 0.0750 e. The first-order valence-corrected chi connectivity index (χ1v) is 4.22. The SMILES string of the molecule is COC1CC(OC)(C(C)C)C1. The zero-order chi connectivity index (χ0) is 8.48. The van der Waals surface area contributed by atoms with Crippen molar-refractivity contribution in [1.29, 1.82) is 0 Å². The highest BCUT2D eigenvalue weighted by Gasteiger charge is 2.47. The topological polar surface area (TPSA) is 18.5 Å². The first kappa shape index (κ1) is 9.01. The van der Waals surface area contributed by atoms with Crippen molar-refractivity contribution in [2.24, 2.45) is 5.92 Å². The van der Waals surface area contributed by atoms with Crippen LogP contribution in [0.25, 0.3) is 0 Å². The molecule has 0 bridgehead atoms. The van der Waals surface area contributed by atoms with Gasteiger partial charge in [0, 0.05) is 27.1 Å². The van der Waals surface area contributed by atoms with Crippen molar-refractivity contribution in [3.05, 3.63) is 0 Å². The van der Waals surface area contributed by atoms with Crippen LogP contribution in [0.4, 0.5) is 0 Å². The zero-order valence-electron chi connectivity index (χ0n) is 7.89. The molecule has 1 aliphatic carbocycles. The fourth-order valence-electron chi connectivity index (χ4n) is 1.75. The molecular weight excluding hydrogens is 140 g/mol. The third-order valence-corrected chi connectivity index (χ3v) is 2.94. The fraction of sp³-hybridized carbons (Fsp3) is 1.00. The van der Waals surface area contributed by atoms with Gasteiger partial charge in [-0.15, -0.1) is 0 Å². The van der Waals surface area contributed by atoms with Gasteiger partial charge >= 0.3 is 0 Å². The van der Waals surface area contributed by atoms with Crippen LogP contribution in [0.1, 0.15) is 26.7 Å². The van der Waals surface area contributed by atoms with Crippen LogP contribution in [0.3, 0.4) is 0 Å². The molecule has 0 N–H and O–H groups in total. The molecule has 0 unspecified atom stereocenters. The predicted octanol–water partition coefficient (Wildman–Crippen LogP) is 1.84. The highest BCUT2D eigenvalue weighted by molar-refractivity contribution is 4.98. The van der Waals surface area contributed by atoms with Gasteiger partial charge in [-0.1, -0.05) is 13.8 Å². The molecule has 1 rings (SSSR count). The minimum atomic E-state index is 0.112. The lowest BCUT2D eigenvalue weighted by Crippen LogP contribution is -2.53. The van der Waals surface area contributed by atoms with Gasteiger partial charge in [-0.2, -0.15) is 0 Å². The summed E-state index contributed by atoms with van der Waals surface area (Å²) in [5, 5.41) is 0. The average molecular weight is 158 g/mol. The van der Waals surface area contributed by atoms with E-state index in [1.54, 1.807) is 14.2 Å². The van der Waals surface area contributed by atoms with E-state index in [0.717, 1.165) is 12.8 Å². The summed E-state index contributed by atoms with van der Waals surface area (Å²) in [5.41, 5.74) is 0.112. The van der Waals surface area contributed by atoms with Crippen molar-refractivity contribution in [3.8, 4) is 0 Å². The molecule has 0 amide bonds. The summed E-state index contributed by atoms with van der Waals surface area (Å²) in [6.07, 6.45) is 2.53. The molecule has 0 aromatic carbocycles. The first-order chi connectivity index (χ1) is 5.14. The van der Waals surface area contributed by atoms with E-state index in [4.69, 9.17) is 9.47 Å². The summed E-state index contributed by atoms with van der Waals surface area (Å²) in [7, 11) is 3.57. The van der Waals surface area contributed by atoms with Gasteiger partial charge in [0.2, 0.25) is 0 Å². The second-order valence-corrected chi connectivity index (χ2v) is 3.69. The number of rotatable bonds is 3. The van der Waals surface area contributed by atoms with E-state index in [-0.39, 0.29) is 5.60 Å². The van der Waals surface area contributed by atoms with Crippen molar-refractivity contribution in [2.75, 3.05) is 14.2 Å². The molecule has 0 aromatic rings. The molecular formula is C9H18O2. The summed E-state index contributed by atoms with van der Waals surface area (Å²) in [6.45, 7) is 4.41. The minimum Gasteiger partial charge on any atom is -0.381 e. The lowest BCUT2D eigenvalue weighted by atomic mass is 9.70. The third kappa shape index (κ3) is 1.42. The van der Waals surface area contributed by atoms with E-state index in [1.165, 1.54) is 0 Å². The van der Waals surface area contributed by atoms with Gasteiger partial charge in [0.25, 0.3) is 0 Å². The van der Waals surface area contributed by atoms with Crippen LogP contribution in [0.15, 0.2) is 0 Å². The van der Waals surface area contributed by atoms with E-state index in [9.17, 15) is 0 Å². The molecule has 0 atom stereocenters. The van der Waals surface area contributed by atoms with Gasteiger partial charge in [-0.25, -0.2) is 0 Å². The number of hydrogen-bond donors (Lipinski definition) is 0. The molecule has 1 saturated carbocycles. The molecule has 0 spiro atoms. The van der Waals surface area contributed by atoms with Crippen molar-refractivity contribution in [2.45, 2.75) is 38.4 Å². The van der Waals surface area contributed by atoms with Crippen LogP contribution in [-0.2, 0) is 9.47 Å². The van der Waals surface area contributed by atoms with E-state index in [1.807, 2.05) is 0 Å². The first-order valence-electron chi connectivity index (χ1n) is 4.22. The Kier molecular flexibility index (Phi) is 2.55. The van der Waals surface area contributed by atoms with Crippen LogP contribution >= 0.6 is 0 Å². The number of ether oxygens (including phenoxy) is 2. The predicted molar refractivity (Wildman–Crippen MR) is 44.6 cm³/mol. The summed E-state index contributed by atoms with van der Waals surface area (Å²) in [6, 6.07) is 0. The van der Waals surface area contributed by atoms with Gasteiger partial charge in [0.15, 0.2) is 0 Å². The lowest BCUT2D eigenvalue weighted by molar-refractivity contribution is -0.171. The number of methoxy groups -OCH3 is 2. The zero-order valence-corrected chi connectivity index (χ0v) is 7.89. The van der Waals surface area contributed by atoms with Gasteiger partial charge < -0.3 is 9.47 Å². The maximum absolute atomic E-state index is 5.49. The Morgan fingerprint density at radius 1 is 1.27 bits per heavy atom. The largest absolute Gasteiger partial charge is 0.381 e. The monoisotopic (exact) mass is 158 g/mol. The van der Waals surface area contributed by atoms with Crippen LogP contribution < -0.4 is 0 Å². The molecule has 0 aliphatic heterocycles. The van der Waals surface area contributed by atoms with Crippen LogP contribution in [0.5, 0.6) is 0 Å². The maximum Gasteiger partial charge on any atom is 0.0750 e.